The lowest BCUT2D eigenvalue weighted by molar-refractivity contribution is -0.141. The van der Waals surface area contributed by atoms with Crippen molar-refractivity contribution in [2.75, 3.05) is 0 Å². The zero-order valence-electron chi connectivity index (χ0n) is 18.4. The number of benzene rings is 1. The number of halogens is 3. The van der Waals surface area contributed by atoms with Crippen molar-refractivity contribution in [3.8, 4) is 11.3 Å². The first-order valence-corrected chi connectivity index (χ1v) is 11.6. The second-order valence-corrected chi connectivity index (χ2v) is 9.24. The first-order chi connectivity index (χ1) is 16.4. The van der Waals surface area contributed by atoms with Crippen LogP contribution in [0, 0.1) is 0 Å². The second kappa shape index (κ2) is 7.85. The molecule has 6 rings (SSSR count). The van der Waals surface area contributed by atoms with Crippen LogP contribution in [0.4, 0.5) is 13.2 Å². The molecule has 2 fully saturated rings. The third-order valence-corrected chi connectivity index (χ3v) is 7.09. The number of nitrogens with zero attached hydrogens (tertiary/aromatic N) is 4. The van der Waals surface area contributed by atoms with Gasteiger partial charge in [-0.15, -0.1) is 0 Å². The molecule has 2 aliphatic rings. The molecule has 3 heterocycles. The third-order valence-electron chi connectivity index (χ3n) is 7.09. The van der Waals surface area contributed by atoms with E-state index in [1.165, 1.54) is 18.5 Å². The zero-order chi connectivity index (χ0) is 23.4. The van der Waals surface area contributed by atoms with Crippen LogP contribution in [0.15, 0.2) is 47.2 Å². The van der Waals surface area contributed by atoms with Gasteiger partial charge in [-0.25, -0.2) is 0 Å². The number of carbonyl (C=O) groups excluding carboxylic acids is 1. The number of hydrogen-bond donors (Lipinski definition) is 0. The number of amides is 1. The highest BCUT2D eigenvalue weighted by Crippen LogP contribution is 2.37. The lowest BCUT2D eigenvalue weighted by atomic mass is 9.84. The van der Waals surface area contributed by atoms with Crippen LogP contribution < -0.4 is 0 Å². The van der Waals surface area contributed by atoms with E-state index in [0.717, 1.165) is 48.6 Å². The molecule has 0 aliphatic heterocycles. The highest BCUT2D eigenvalue weighted by Gasteiger charge is 2.38. The van der Waals surface area contributed by atoms with E-state index in [-0.39, 0.29) is 29.2 Å². The molecule has 0 unspecified atom stereocenters. The van der Waals surface area contributed by atoms with Crippen LogP contribution in [0.1, 0.15) is 49.0 Å². The number of pyridine rings is 1. The smallest absolute Gasteiger partial charge is 0.408 e. The molecular weight excluding hydrogens is 445 g/mol. The van der Waals surface area contributed by atoms with Crippen LogP contribution in [-0.4, -0.2) is 43.8 Å². The van der Waals surface area contributed by atoms with Gasteiger partial charge in [-0.3, -0.25) is 14.5 Å². The summed E-state index contributed by atoms with van der Waals surface area (Å²) in [6.45, 7) is -1.26. The summed E-state index contributed by atoms with van der Waals surface area (Å²) in [4.78, 5) is 19.8. The van der Waals surface area contributed by atoms with Crippen LogP contribution in [-0.2, 0) is 6.54 Å². The first-order valence-electron chi connectivity index (χ1n) is 11.6. The number of para-hydroxylation sites is 1. The summed E-state index contributed by atoms with van der Waals surface area (Å²) in [6, 6.07) is 9.15. The van der Waals surface area contributed by atoms with Crippen LogP contribution >= 0.6 is 0 Å². The molecule has 176 valence electrons. The van der Waals surface area contributed by atoms with E-state index in [4.69, 9.17) is 4.42 Å². The number of fused-ring (bicyclic) bond motifs is 2. The Morgan fingerprint density at radius 1 is 1.09 bits per heavy atom. The first kappa shape index (κ1) is 21.2. The number of carbonyl (C=O) groups is 1. The van der Waals surface area contributed by atoms with Gasteiger partial charge in [0.1, 0.15) is 29.8 Å². The zero-order valence-corrected chi connectivity index (χ0v) is 18.4. The summed E-state index contributed by atoms with van der Waals surface area (Å²) in [5.74, 6) is -0.202. The molecule has 6 nitrogen and oxygen atoms in total. The van der Waals surface area contributed by atoms with E-state index >= 15 is 0 Å². The van der Waals surface area contributed by atoms with Crippen LogP contribution in [0.5, 0.6) is 0 Å². The van der Waals surface area contributed by atoms with E-state index in [1.807, 2.05) is 23.1 Å². The highest BCUT2D eigenvalue weighted by atomic mass is 19.4. The van der Waals surface area contributed by atoms with Crippen LogP contribution in [0.3, 0.4) is 0 Å². The minimum absolute atomic E-state index is 0.165. The Hall–Kier alpha value is -3.36. The predicted molar refractivity (Wildman–Crippen MR) is 120 cm³/mol. The maximum atomic E-state index is 13.5. The summed E-state index contributed by atoms with van der Waals surface area (Å²) in [7, 11) is 0. The van der Waals surface area contributed by atoms with Crippen molar-refractivity contribution in [1.29, 1.82) is 0 Å². The van der Waals surface area contributed by atoms with E-state index < -0.39 is 12.7 Å². The summed E-state index contributed by atoms with van der Waals surface area (Å²) in [5, 5.41) is 5.51. The molecular formula is C25H23F3N4O2. The second-order valence-electron chi connectivity index (χ2n) is 9.24. The minimum Gasteiger partial charge on any atom is -0.464 e. The SMILES string of the molecule is O=C(c1cc2c(cn1)c(-c1coc3ccccc13)nn2CC(F)(F)F)N(C1CCC1)C1CCC1. The maximum absolute atomic E-state index is 13.5. The predicted octanol–water partition coefficient (Wildman–Crippen LogP) is 5.95. The average Bonchev–Trinajstić information content (AvgIpc) is 3.30. The quantitative estimate of drug-likeness (QED) is 0.363. The molecule has 0 saturated heterocycles. The van der Waals surface area contributed by atoms with Crippen molar-refractivity contribution in [2.45, 2.75) is 63.3 Å². The van der Waals surface area contributed by atoms with Crippen LogP contribution in [0.25, 0.3) is 33.1 Å². The third kappa shape index (κ3) is 3.54. The molecule has 34 heavy (non-hydrogen) atoms. The molecule has 0 bridgehead atoms. The van der Waals surface area contributed by atoms with Gasteiger partial charge in [-0.05, 0) is 50.7 Å². The van der Waals surface area contributed by atoms with Gasteiger partial charge in [0.05, 0.1) is 5.52 Å². The molecule has 3 aromatic heterocycles. The lowest BCUT2D eigenvalue weighted by Gasteiger charge is -2.46. The Morgan fingerprint density at radius 2 is 1.79 bits per heavy atom. The van der Waals surface area contributed by atoms with Crippen LogP contribution in [0.2, 0.25) is 0 Å². The maximum Gasteiger partial charge on any atom is 0.408 e. The Labute approximate surface area is 193 Å². The Kier molecular flexibility index (Phi) is 4.89. The van der Waals surface area contributed by atoms with Gasteiger partial charge in [0, 0.05) is 34.6 Å². The van der Waals surface area contributed by atoms with Gasteiger partial charge in [-0.2, -0.15) is 18.3 Å². The molecule has 4 aromatic rings. The molecule has 1 aromatic carbocycles. The monoisotopic (exact) mass is 468 g/mol. The fourth-order valence-electron chi connectivity index (χ4n) is 4.93. The summed E-state index contributed by atoms with van der Waals surface area (Å²) < 4.78 is 46.7. The summed E-state index contributed by atoms with van der Waals surface area (Å²) in [6.07, 6.45) is 4.55. The van der Waals surface area contributed by atoms with E-state index in [2.05, 4.69) is 10.1 Å². The largest absolute Gasteiger partial charge is 0.464 e. The minimum atomic E-state index is -4.47. The van der Waals surface area contributed by atoms with E-state index in [1.54, 1.807) is 6.07 Å². The highest BCUT2D eigenvalue weighted by molar-refractivity contribution is 6.04. The van der Waals surface area contributed by atoms with Crippen molar-refractivity contribution in [2.24, 2.45) is 0 Å². The molecule has 2 saturated carbocycles. The summed E-state index contributed by atoms with van der Waals surface area (Å²) >= 11 is 0. The topological polar surface area (TPSA) is 64.2 Å². The standard InChI is InChI=1S/C25H23F3N4O2/c26-25(27,28)14-31-21-11-20(24(33)32(15-5-3-6-15)16-7-4-8-16)29-12-18(21)23(30-31)19-13-34-22-10-2-1-9-17(19)22/h1-2,9-13,15-16H,3-8,14H2. The average molecular weight is 468 g/mol. The Morgan fingerprint density at radius 3 is 2.44 bits per heavy atom. The summed E-state index contributed by atoms with van der Waals surface area (Å²) in [5.41, 5.74) is 1.96. The molecule has 0 atom stereocenters. The molecule has 1 amide bonds. The molecule has 2 aliphatic carbocycles. The van der Waals surface area contributed by atoms with Crippen molar-refractivity contribution >= 4 is 27.8 Å². The van der Waals surface area contributed by atoms with Gasteiger partial charge in [0.15, 0.2) is 0 Å². The van der Waals surface area contributed by atoms with Crippen molar-refractivity contribution < 1.29 is 22.4 Å². The Bertz CT molecular complexity index is 1370. The van der Waals surface area contributed by atoms with Gasteiger partial charge < -0.3 is 9.32 Å². The number of aromatic nitrogens is 3. The van der Waals surface area contributed by atoms with Crippen molar-refractivity contribution in [3.63, 3.8) is 0 Å². The van der Waals surface area contributed by atoms with Gasteiger partial charge in [0.25, 0.3) is 5.91 Å². The molecule has 9 heteroatoms. The van der Waals surface area contributed by atoms with Gasteiger partial charge >= 0.3 is 6.18 Å². The number of rotatable bonds is 5. The van der Waals surface area contributed by atoms with Gasteiger partial charge in [-0.1, -0.05) is 18.2 Å². The van der Waals surface area contributed by atoms with Crippen molar-refractivity contribution in [1.82, 2.24) is 19.7 Å². The van der Waals surface area contributed by atoms with E-state index in [9.17, 15) is 18.0 Å². The van der Waals surface area contributed by atoms with Gasteiger partial charge in [0.2, 0.25) is 0 Å². The normalized spacial score (nSPS) is 17.1. The molecule has 0 radical (unpaired) electrons. The number of hydrogen-bond acceptors (Lipinski definition) is 4. The van der Waals surface area contributed by atoms with E-state index in [0.29, 0.717) is 22.2 Å². The molecule has 0 N–H and O–H groups in total. The van der Waals surface area contributed by atoms with Crippen molar-refractivity contribution in [3.05, 3.63) is 48.5 Å². The number of alkyl halides is 3. The Balaban J connectivity index is 1.46. The fourth-order valence-corrected chi connectivity index (χ4v) is 4.93. The molecule has 0 spiro atoms. The number of furan rings is 1. The fraction of sp³-hybridized carbons (Fsp3) is 0.400. The lowest BCUT2D eigenvalue weighted by Crippen LogP contribution is -2.52.